The maximum absolute atomic E-state index is 12.4. The molecule has 0 aromatic heterocycles. The van der Waals surface area contributed by atoms with E-state index in [1.54, 1.807) is 4.90 Å². The Morgan fingerprint density at radius 3 is 2.30 bits per heavy atom. The van der Waals surface area contributed by atoms with Crippen LogP contribution in [0.2, 0.25) is 0 Å². The Labute approximate surface area is 116 Å². The van der Waals surface area contributed by atoms with Crippen LogP contribution in [0, 0.1) is 5.92 Å². The Balaban J connectivity index is 0.00000172. The third-order valence-electron chi connectivity index (χ3n) is 2.59. The third-order valence-corrected chi connectivity index (χ3v) is 2.59. The number of aliphatic imine (C=N–C) groups is 1. The van der Waals surface area contributed by atoms with Gasteiger partial charge in [0.25, 0.3) is 0 Å². The van der Waals surface area contributed by atoms with E-state index in [1.165, 1.54) is 0 Å². The molecule has 1 fully saturated rings. The van der Waals surface area contributed by atoms with E-state index in [1.807, 2.05) is 13.8 Å². The summed E-state index contributed by atoms with van der Waals surface area (Å²) in [5.41, 5.74) is -0.939. The summed E-state index contributed by atoms with van der Waals surface area (Å²) in [7, 11) is 0. The Hall–Kier alpha value is -1.79. The minimum Gasteiger partial charge on any atom is -0.481 e. The van der Waals surface area contributed by atoms with Gasteiger partial charge >= 0.3 is 12.1 Å². The topological polar surface area (TPSA) is 52.9 Å². The minimum atomic E-state index is -4.56. The summed E-state index contributed by atoms with van der Waals surface area (Å²) in [5, 5.41) is 8.54. The molecular weight excluding hydrogens is 273 g/mol. The number of hydrogen-bond acceptors (Lipinski definition) is 3. The molecule has 0 radical (unpaired) electrons. The summed E-state index contributed by atoms with van der Waals surface area (Å²) in [6, 6.07) is 0. The van der Waals surface area contributed by atoms with E-state index in [0.717, 1.165) is 6.08 Å². The highest BCUT2D eigenvalue weighted by Crippen LogP contribution is 2.29. The molecule has 1 aliphatic rings. The van der Waals surface area contributed by atoms with Crippen LogP contribution in [0.15, 0.2) is 29.0 Å². The molecule has 114 valence electrons. The van der Waals surface area contributed by atoms with Gasteiger partial charge in [-0.2, -0.15) is 13.2 Å². The molecular formula is C13H19F3N2O2. The fourth-order valence-corrected chi connectivity index (χ4v) is 1.65. The summed E-state index contributed by atoms with van der Waals surface area (Å²) < 4.78 is 37.1. The Kier molecular flexibility index (Phi) is 7.02. The number of likely N-dealkylation sites (tertiary alicyclic amines) is 1. The predicted molar refractivity (Wildman–Crippen MR) is 71.5 cm³/mol. The van der Waals surface area contributed by atoms with E-state index in [0.29, 0.717) is 13.1 Å². The van der Waals surface area contributed by atoms with Crippen molar-refractivity contribution in [3.63, 3.8) is 0 Å². The zero-order valence-electron chi connectivity index (χ0n) is 11.6. The lowest BCUT2D eigenvalue weighted by atomic mass is 9.96. The summed E-state index contributed by atoms with van der Waals surface area (Å²) in [4.78, 5) is 14.9. The molecule has 0 aromatic rings. The maximum atomic E-state index is 12.4. The average Bonchev–Trinajstić information content (AvgIpc) is 2.30. The van der Waals surface area contributed by atoms with E-state index in [-0.39, 0.29) is 18.0 Å². The molecule has 1 rings (SSSR count). The summed E-state index contributed by atoms with van der Waals surface area (Å²) in [6.45, 7) is 11.2. The number of aliphatic carboxylic acids is 1. The van der Waals surface area contributed by atoms with E-state index in [9.17, 15) is 18.0 Å². The molecule has 1 heterocycles. The number of hydrogen-bond donors (Lipinski definition) is 1. The molecule has 1 saturated heterocycles. The molecule has 0 bridgehead atoms. The molecule has 0 aliphatic carbocycles. The highest BCUT2D eigenvalue weighted by molar-refractivity contribution is 5.67. The number of alkyl halides is 3. The van der Waals surface area contributed by atoms with Gasteiger partial charge in [-0.3, -0.25) is 9.79 Å². The third kappa shape index (κ3) is 5.46. The second-order valence-electron chi connectivity index (χ2n) is 4.05. The van der Waals surface area contributed by atoms with E-state index in [4.69, 9.17) is 5.11 Å². The number of halogens is 3. The van der Waals surface area contributed by atoms with Crippen LogP contribution in [0.3, 0.4) is 0 Å². The molecule has 4 nitrogen and oxygen atoms in total. The SMILES string of the molecule is C=N/C(=C\C(=C)N1CC(CC(=O)O)C1)C(F)(F)F.CC. The smallest absolute Gasteiger partial charge is 0.433 e. The van der Waals surface area contributed by atoms with Crippen molar-refractivity contribution in [2.75, 3.05) is 13.1 Å². The van der Waals surface area contributed by atoms with Crippen molar-refractivity contribution in [2.24, 2.45) is 10.9 Å². The summed E-state index contributed by atoms with van der Waals surface area (Å²) in [6.07, 6.45) is -3.74. The van der Waals surface area contributed by atoms with Crippen LogP contribution in [-0.4, -0.2) is 42.0 Å². The standard InChI is InChI=1S/C11H13F3N2O2.C2H6/c1-7(3-9(15-2)11(12,13)14)16-5-8(6-16)4-10(17)18;1-2/h3,8H,1-2,4-6H2,(H,17,18);1-2H3/b9-3-;. The van der Waals surface area contributed by atoms with Crippen molar-refractivity contribution in [3.05, 3.63) is 24.0 Å². The lowest BCUT2D eigenvalue weighted by Crippen LogP contribution is -2.46. The van der Waals surface area contributed by atoms with Gasteiger partial charge in [-0.25, -0.2) is 0 Å². The highest BCUT2D eigenvalue weighted by atomic mass is 19.4. The average molecular weight is 292 g/mol. The molecule has 7 heteroatoms. The second kappa shape index (κ2) is 7.72. The first-order chi connectivity index (χ1) is 9.24. The number of carboxylic acids is 1. The molecule has 1 aliphatic heterocycles. The van der Waals surface area contributed by atoms with Crippen molar-refractivity contribution in [1.82, 2.24) is 4.90 Å². The van der Waals surface area contributed by atoms with Crippen LogP contribution in [0.4, 0.5) is 13.2 Å². The first kappa shape index (κ1) is 18.2. The number of carbonyl (C=O) groups is 1. The van der Waals surface area contributed by atoms with E-state index in [2.05, 4.69) is 18.3 Å². The molecule has 0 saturated carbocycles. The fourth-order valence-electron chi connectivity index (χ4n) is 1.65. The van der Waals surface area contributed by atoms with Crippen LogP contribution in [0.25, 0.3) is 0 Å². The van der Waals surface area contributed by atoms with Gasteiger partial charge in [0.2, 0.25) is 0 Å². The zero-order chi connectivity index (χ0) is 15.9. The summed E-state index contributed by atoms with van der Waals surface area (Å²) in [5.74, 6) is -0.955. The maximum Gasteiger partial charge on any atom is 0.433 e. The largest absolute Gasteiger partial charge is 0.481 e. The Bertz CT molecular complexity index is 397. The monoisotopic (exact) mass is 292 g/mol. The van der Waals surface area contributed by atoms with Gasteiger partial charge in [0.15, 0.2) is 0 Å². The predicted octanol–water partition coefficient (Wildman–Crippen LogP) is 3.08. The van der Waals surface area contributed by atoms with Gasteiger partial charge in [-0.15, -0.1) is 0 Å². The van der Waals surface area contributed by atoms with Gasteiger partial charge in [0.1, 0.15) is 5.70 Å². The first-order valence-electron chi connectivity index (χ1n) is 6.15. The molecule has 20 heavy (non-hydrogen) atoms. The molecule has 0 aromatic carbocycles. The van der Waals surface area contributed by atoms with Crippen molar-refractivity contribution >= 4 is 12.7 Å². The Morgan fingerprint density at radius 1 is 1.45 bits per heavy atom. The molecule has 1 N–H and O–H groups in total. The first-order valence-corrected chi connectivity index (χ1v) is 6.15. The van der Waals surface area contributed by atoms with Crippen molar-refractivity contribution in [3.8, 4) is 0 Å². The molecule has 0 spiro atoms. The number of nitrogens with zero attached hydrogens (tertiary/aromatic N) is 2. The lowest BCUT2D eigenvalue weighted by molar-refractivity contribution is -0.139. The van der Waals surface area contributed by atoms with Crippen LogP contribution in [0.1, 0.15) is 20.3 Å². The van der Waals surface area contributed by atoms with E-state index < -0.39 is 17.8 Å². The normalized spacial score (nSPS) is 15.8. The van der Waals surface area contributed by atoms with Gasteiger partial charge in [0, 0.05) is 24.7 Å². The zero-order valence-corrected chi connectivity index (χ0v) is 11.6. The number of allylic oxidation sites excluding steroid dienone is 2. The van der Waals surface area contributed by atoms with Crippen LogP contribution < -0.4 is 0 Å². The molecule has 0 unspecified atom stereocenters. The lowest BCUT2D eigenvalue weighted by Gasteiger charge is -2.40. The van der Waals surface area contributed by atoms with Crippen LogP contribution in [0.5, 0.6) is 0 Å². The molecule has 0 atom stereocenters. The van der Waals surface area contributed by atoms with E-state index >= 15 is 0 Å². The van der Waals surface area contributed by atoms with Gasteiger partial charge in [0.05, 0.1) is 6.42 Å². The molecule has 0 amide bonds. The quantitative estimate of drug-likeness (QED) is 0.626. The van der Waals surface area contributed by atoms with Crippen molar-refractivity contribution in [1.29, 1.82) is 0 Å². The minimum absolute atomic E-state index is 0.0132. The number of carboxylic acid groups (broad SMARTS) is 1. The van der Waals surface area contributed by atoms with Crippen molar-refractivity contribution in [2.45, 2.75) is 26.4 Å². The van der Waals surface area contributed by atoms with Crippen LogP contribution >= 0.6 is 0 Å². The van der Waals surface area contributed by atoms with Crippen LogP contribution in [-0.2, 0) is 4.79 Å². The Morgan fingerprint density at radius 2 is 1.95 bits per heavy atom. The number of rotatable bonds is 5. The highest BCUT2D eigenvalue weighted by Gasteiger charge is 2.35. The van der Waals surface area contributed by atoms with Crippen molar-refractivity contribution < 1.29 is 23.1 Å². The van der Waals surface area contributed by atoms with Gasteiger partial charge in [-0.05, 0) is 12.8 Å². The van der Waals surface area contributed by atoms with Gasteiger partial charge in [-0.1, -0.05) is 20.4 Å². The van der Waals surface area contributed by atoms with Gasteiger partial charge < -0.3 is 10.0 Å². The fraction of sp³-hybridized carbons (Fsp3) is 0.538. The second-order valence-corrected chi connectivity index (χ2v) is 4.05. The summed E-state index contributed by atoms with van der Waals surface area (Å²) >= 11 is 0.